The van der Waals surface area contributed by atoms with Crippen LogP contribution >= 0.6 is 0 Å². The van der Waals surface area contributed by atoms with E-state index < -0.39 is 0 Å². The molecule has 0 radical (unpaired) electrons. The summed E-state index contributed by atoms with van der Waals surface area (Å²) in [6, 6.07) is 2.12. The molecule has 122 valence electrons. The number of hydrogen-bond donors (Lipinski definition) is 0. The Morgan fingerprint density at radius 2 is 1.96 bits per heavy atom. The second kappa shape index (κ2) is 5.95. The number of amides is 1. The first kappa shape index (κ1) is 14.7. The van der Waals surface area contributed by atoms with Crippen LogP contribution in [-0.2, 0) is 11.3 Å². The van der Waals surface area contributed by atoms with E-state index in [-0.39, 0.29) is 5.91 Å². The van der Waals surface area contributed by atoms with E-state index in [1.165, 1.54) is 36.6 Å². The van der Waals surface area contributed by atoms with E-state index in [0.717, 1.165) is 37.3 Å². The number of fused-ring (bicyclic) bond motifs is 1. The minimum absolute atomic E-state index is 0.176. The maximum absolute atomic E-state index is 12.6. The number of carbonyl (C=O) groups is 1. The summed E-state index contributed by atoms with van der Waals surface area (Å²) in [6.45, 7) is 4.11. The van der Waals surface area contributed by atoms with E-state index in [4.69, 9.17) is 0 Å². The quantitative estimate of drug-likeness (QED) is 0.875. The molecule has 3 heterocycles. The van der Waals surface area contributed by atoms with Crippen molar-refractivity contribution in [2.45, 2.75) is 57.9 Å². The second-order valence-corrected chi connectivity index (χ2v) is 6.91. The van der Waals surface area contributed by atoms with Crippen LogP contribution < -0.4 is 0 Å². The van der Waals surface area contributed by atoms with Crippen molar-refractivity contribution in [3.63, 3.8) is 0 Å². The maximum Gasteiger partial charge on any atom is 0.244 e. The third kappa shape index (κ3) is 2.84. The van der Waals surface area contributed by atoms with Crippen molar-refractivity contribution in [3.8, 4) is 0 Å². The minimum Gasteiger partial charge on any atom is -0.341 e. The number of aryl methyl sites for hydroxylation is 1. The molecule has 5 nitrogen and oxygen atoms in total. The summed E-state index contributed by atoms with van der Waals surface area (Å²) in [5.74, 6) is 0.841. The Morgan fingerprint density at radius 1 is 1.22 bits per heavy atom. The molecule has 2 aromatic rings. The lowest BCUT2D eigenvalue weighted by Gasteiger charge is -2.20. The largest absolute Gasteiger partial charge is 0.341 e. The van der Waals surface area contributed by atoms with Gasteiger partial charge in [-0.1, -0.05) is 12.8 Å². The molecule has 0 spiro atoms. The van der Waals surface area contributed by atoms with Crippen LogP contribution in [0.15, 0.2) is 12.3 Å². The second-order valence-electron chi connectivity index (χ2n) is 6.91. The van der Waals surface area contributed by atoms with Gasteiger partial charge >= 0.3 is 0 Å². The molecule has 4 rings (SSSR count). The number of nitrogens with zero attached hydrogens (tertiary/aromatic N) is 4. The molecule has 1 saturated carbocycles. The maximum atomic E-state index is 12.6. The van der Waals surface area contributed by atoms with E-state index in [1.54, 1.807) is 0 Å². The molecule has 23 heavy (non-hydrogen) atoms. The SMILES string of the molecule is Cc1nn(CC(=O)N2CCCCCC2)c2nccc(C3CC3)c12. The van der Waals surface area contributed by atoms with Crippen molar-refractivity contribution in [2.24, 2.45) is 0 Å². The lowest BCUT2D eigenvalue weighted by Crippen LogP contribution is -2.34. The van der Waals surface area contributed by atoms with Gasteiger partial charge in [0, 0.05) is 24.7 Å². The highest BCUT2D eigenvalue weighted by atomic mass is 16.2. The molecular weight excluding hydrogens is 288 g/mol. The summed E-state index contributed by atoms with van der Waals surface area (Å²) in [5, 5.41) is 5.79. The van der Waals surface area contributed by atoms with Crippen molar-refractivity contribution < 1.29 is 4.79 Å². The number of aromatic nitrogens is 3. The molecule has 0 aromatic carbocycles. The van der Waals surface area contributed by atoms with Crippen LogP contribution in [0.25, 0.3) is 11.0 Å². The molecule has 5 heteroatoms. The van der Waals surface area contributed by atoms with E-state index in [0.29, 0.717) is 12.5 Å². The van der Waals surface area contributed by atoms with Gasteiger partial charge in [0.05, 0.1) is 5.69 Å². The van der Waals surface area contributed by atoms with Gasteiger partial charge in [0.1, 0.15) is 6.54 Å². The minimum atomic E-state index is 0.176. The smallest absolute Gasteiger partial charge is 0.244 e. The summed E-state index contributed by atoms with van der Waals surface area (Å²) in [7, 11) is 0. The van der Waals surface area contributed by atoms with Crippen LogP contribution in [0.2, 0.25) is 0 Å². The lowest BCUT2D eigenvalue weighted by molar-refractivity contribution is -0.131. The Morgan fingerprint density at radius 3 is 2.65 bits per heavy atom. The number of pyridine rings is 1. The first-order valence-electron chi connectivity index (χ1n) is 8.84. The molecule has 1 amide bonds. The zero-order valence-corrected chi connectivity index (χ0v) is 13.8. The van der Waals surface area contributed by atoms with Crippen LogP contribution in [0.1, 0.15) is 55.7 Å². The first-order chi connectivity index (χ1) is 11.2. The molecule has 1 saturated heterocycles. The summed E-state index contributed by atoms with van der Waals surface area (Å²) in [5.41, 5.74) is 3.23. The highest BCUT2D eigenvalue weighted by Gasteiger charge is 2.28. The van der Waals surface area contributed by atoms with Crippen molar-refractivity contribution in [2.75, 3.05) is 13.1 Å². The molecule has 0 unspecified atom stereocenters. The fourth-order valence-electron chi connectivity index (χ4n) is 3.70. The summed E-state index contributed by atoms with van der Waals surface area (Å²) < 4.78 is 1.81. The fourth-order valence-corrected chi connectivity index (χ4v) is 3.70. The highest BCUT2D eigenvalue weighted by molar-refractivity contribution is 5.85. The third-order valence-electron chi connectivity index (χ3n) is 5.10. The Labute approximate surface area is 136 Å². The van der Waals surface area contributed by atoms with E-state index in [9.17, 15) is 4.79 Å². The lowest BCUT2D eigenvalue weighted by atomic mass is 10.1. The van der Waals surface area contributed by atoms with E-state index in [2.05, 4.69) is 16.1 Å². The number of rotatable bonds is 3. The Kier molecular flexibility index (Phi) is 3.79. The number of carbonyl (C=O) groups excluding carboxylic acids is 1. The topological polar surface area (TPSA) is 51.0 Å². The average molecular weight is 312 g/mol. The summed E-state index contributed by atoms with van der Waals surface area (Å²) in [4.78, 5) is 19.2. The zero-order valence-electron chi connectivity index (χ0n) is 13.8. The fraction of sp³-hybridized carbons (Fsp3) is 0.611. The van der Waals surface area contributed by atoms with Crippen LogP contribution in [0.3, 0.4) is 0 Å². The Hall–Kier alpha value is -1.91. The van der Waals surface area contributed by atoms with Gasteiger partial charge in [-0.25, -0.2) is 9.67 Å². The normalized spacial score (nSPS) is 19.1. The highest BCUT2D eigenvalue weighted by Crippen LogP contribution is 2.43. The average Bonchev–Trinajstić information content (AvgIpc) is 3.37. The predicted molar refractivity (Wildman–Crippen MR) is 89.3 cm³/mol. The van der Waals surface area contributed by atoms with Crippen molar-refractivity contribution >= 4 is 16.9 Å². The van der Waals surface area contributed by atoms with Gasteiger partial charge in [0.25, 0.3) is 0 Å². The van der Waals surface area contributed by atoms with Crippen LogP contribution in [0.5, 0.6) is 0 Å². The molecule has 0 N–H and O–H groups in total. The van der Waals surface area contributed by atoms with Crippen LogP contribution in [-0.4, -0.2) is 38.7 Å². The molecule has 0 atom stereocenters. The summed E-state index contributed by atoms with van der Waals surface area (Å²) in [6.07, 6.45) is 9.10. The van der Waals surface area contributed by atoms with Crippen molar-refractivity contribution in [1.82, 2.24) is 19.7 Å². The summed E-state index contributed by atoms with van der Waals surface area (Å²) >= 11 is 0. The predicted octanol–water partition coefficient (Wildman–Crippen LogP) is 3.02. The Bertz CT molecular complexity index is 724. The molecule has 0 bridgehead atoms. The van der Waals surface area contributed by atoms with Gasteiger partial charge in [-0.05, 0) is 50.2 Å². The molecule has 1 aliphatic heterocycles. The standard InChI is InChI=1S/C18H24N4O/c1-13-17-15(14-6-7-14)8-9-19-18(17)22(20-13)12-16(23)21-10-4-2-3-5-11-21/h8-9,14H,2-7,10-12H2,1H3. The molecule has 2 fully saturated rings. The van der Waals surface area contributed by atoms with Crippen LogP contribution in [0, 0.1) is 6.92 Å². The van der Waals surface area contributed by atoms with Crippen molar-refractivity contribution in [1.29, 1.82) is 0 Å². The zero-order chi connectivity index (χ0) is 15.8. The molecule has 1 aliphatic carbocycles. The first-order valence-corrected chi connectivity index (χ1v) is 8.84. The van der Waals surface area contributed by atoms with Gasteiger partial charge in [0.2, 0.25) is 5.91 Å². The number of hydrogen-bond acceptors (Lipinski definition) is 3. The molecular formula is C18H24N4O. The van der Waals surface area contributed by atoms with E-state index >= 15 is 0 Å². The van der Waals surface area contributed by atoms with Gasteiger partial charge in [-0.2, -0.15) is 5.10 Å². The molecule has 2 aromatic heterocycles. The van der Waals surface area contributed by atoms with Crippen molar-refractivity contribution in [3.05, 3.63) is 23.5 Å². The van der Waals surface area contributed by atoms with E-state index in [1.807, 2.05) is 22.7 Å². The Balaban J connectivity index is 1.61. The third-order valence-corrected chi connectivity index (χ3v) is 5.10. The van der Waals surface area contributed by atoms with Gasteiger partial charge in [-0.3, -0.25) is 4.79 Å². The molecule has 2 aliphatic rings. The van der Waals surface area contributed by atoms with Crippen LogP contribution in [0.4, 0.5) is 0 Å². The van der Waals surface area contributed by atoms with Gasteiger partial charge in [0.15, 0.2) is 5.65 Å². The number of likely N-dealkylation sites (tertiary alicyclic amines) is 1. The van der Waals surface area contributed by atoms with Gasteiger partial charge in [-0.15, -0.1) is 0 Å². The monoisotopic (exact) mass is 312 g/mol. The van der Waals surface area contributed by atoms with Gasteiger partial charge < -0.3 is 4.90 Å².